The summed E-state index contributed by atoms with van der Waals surface area (Å²) < 4.78 is 25.8. The van der Waals surface area contributed by atoms with Gasteiger partial charge in [-0.25, -0.2) is 8.42 Å². The van der Waals surface area contributed by atoms with Gasteiger partial charge in [-0.15, -0.1) is 0 Å². The van der Waals surface area contributed by atoms with Crippen LogP contribution in [-0.2, 0) is 27.4 Å². The quantitative estimate of drug-likeness (QED) is 0.832. The SMILES string of the molecule is Cn1nc(CS(=O)(=O)CC(=O)N2CCCCCCC2)cc1Cl. The largest absolute Gasteiger partial charge is 0.342 e. The van der Waals surface area contributed by atoms with Gasteiger partial charge in [-0.1, -0.05) is 30.9 Å². The summed E-state index contributed by atoms with van der Waals surface area (Å²) in [7, 11) is -1.89. The number of rotatable bonds is 4. The minimum absolute atomic E-state index is 0.257. The number of amides is 1. The van der Waals surface area contributed by atoms with Gasteiger partial charge in [-0.05, 0) is 18.9 Å². The molecule has 22 heavy (non-hydrogen) atoms. The molecule has 0 radical (unpaired) electrons. The minimum atomic E-state index is -3.53. The van der Waals surface area contributed by atoms with E-state index in [0.29, 0.717) is 23.9 Å². The first kappa shape index (κ1) is 17.3. The third kappa shape index (κ3) is 4.98. The fourth-order valence-corrected chi connectivity index (χ4v) is 4.04. The third-order valence-corrected chi connectivity index (χ3v) is 5.57. The Labute approximate surface area is 136 Å². The van der Waals surface area contributed by atoms with Crippen LogP contribution in [0.3, 0.4) is 0 Å². The Morgan fingerprint density at radius 1 is 1.23 bits per heavy atom. The molecule has 0 N–H and O–H groups in total. The Hall–Kier alpha value is -1.08. The van der Waals surface area contributed by atoms with E-state index in [4.69, 9.17) is 11.6 Å². The van der Waals surface area contributed by atoms with E-state index < -0.39 is 15.6 Å². The van der Waals surface area contributed by atoms with Gasteiger partial charge in [0.05, 0.1) is 11.4 Å². The van der Waals surface area contributed by atoms with Gasteiger partial charge >= 0.3 is 0 Å². The van der Waals surface area contributed by atoms with Crippen LogP contribution in [0.15, 0.2) is 6.07 Å². The summed E-state index contributed by atoms with van der Waals surface area (Å²) in [6, 6.07) is 1.51. The van der Waals surface area contributed by atoms with Crippen molar-refractivity contribution in [2.45, 2.75) is 37.9 Å². The lowest BCUT2D eigenvalue weighted by Gasteiger charge is -2.24. The second kappa shape index (κ2) is 7.46. The lowest BCUT2D eigenvalue weighted by atomic mass is 10.1. The van der Waals surface area contributed by atoms with Crippen LogP contribution >= 0.6 is 11.6 Å². The van der Waals surface area contributed by atoms with Crippen molar-refractivity contribution in [1.82, 2.24) is 14.7 Å². The van der Waals surface area contributed by atoms with Crippen molar-refractivity contribution in [2.24, 2.45) is 7.05 Å². The van der Waals surface area contributed by atoms with Gasteiger partial charge in [0, 0.05) is 20.1 Å². The maximum absolute atomic E-state index is 12.2. The first-order valence-corrected chi connectivity index (χ1v) is 9.74. The molecule has 0 spiro atoms. The Morgan fingerprint density at radius 2 is 1.82 bits per heavy atom. The molecule has 0 aliphatic carbocycles. The molecule has 8 heteroatoms. The molecular weight excluding hydrogens is 326 g/mol. The summed E-state index contributed by atoms with van der Waals surface area (Å²) in [5.41, 5.74) is 0.368. The molecule has 1 aliphatic rings. The van der Waals surface area contributed by atoms with Crippen LogP contribution in [-0.4, -0.2) is 47.8 Å². The smallest absolute Gasteiger partial charge is 0.237 e. The van der Waals surface area contributed by atoms with Crippen LogP contribution < -0.4 is 0 Å². The van der Waals surface area contributed by atoms with E-state index in [0.717, 1.165) is 25.7 Å². The van der Waals surface area contributed by atoms with E-state index in [1.54, 1.807) is 11.9 Å². The number of hydrogen-bond donors (Lipinski definition) is 0. The van der Waals surface area contributed by atoms with E-state index >= 15 is 0 Å². The van der Waals surface area contributed by atoms with Crippen LogP contribution in [0.1, 0.15) is 37.8 Å². The zero-order chi connectivity index (χ0) is 16.2. The van der Waals surface area contributed by atoms with E-state index in [2.05, 4.69) is 5.10 Å². The molecule has 6 nitrogen and oxygen atoms in total. The summed E-state index contributed by atoms with van der Waals surface area (Å²) in [6.45, 7) is 1.31. The lowest BCUT2D eigenvalue weighted by Crippen LogP contribution is -2.38. The molecule has 1 fully saturated rings. The van der Waals surface area contributed by atoms with Crippen molar-refractivity contribution in [1.29, 1.82) is 0 Å². The van der Waals surface area contributed by atoms with Gasteiger partial charge in [0.1, 0.15) is 10.9 Å². The van der Waals surface area contributed by atoms with E-state index in [-0.39, 0.29) is 11.7 Å². The number of aromatic nitrogens is 2. The normalized spacial score (nSPS) is 17.1. The zero-order valence-corrected chi connectivity index (χ0v) is 14.4. The van der Waals surface area contributed by atoms with Crippen molar-refractivity contribution >= 4 is 27.3 Å². The van der Waals surface area contributed by atoms with Crippen LogP contribution in [0, 0.1) is 0 Å². The number of hydrogen-bond acceptors (Lipinski definition) is 4. The Bertz CT molecular complexity index is 600. The fraction of sp³-hybridized carbons (Fsp3) is 0.714. The highest BCUT2D eigenvalue weighted by Gasteiger charge is 2.23. The Kier molecular flexibility index (Phi) is 5.86. The molecule has 0 aromatic carbocycles. The maximum atomic E-state index is 12.2. The van der Waals surface area contributed by atoms with E-state index in [1.165, 1.54) is 17.2 Å². The van der Waals surface area contributed by atoms with Crippen molar-refractivity contribution in [2.75, 3.05) is 18.8 Å². The Morgan fingerprint density at radius 3 is 2.36 bits per heavy atom. The zero-order valence-electron chi connectivity index (χ0n) is 12.8. The topological polar surface area (TPSA) is 72.3 Å². The number of halogens is 1. The average molecular weight is 348 g/mol. The number of aryl methyl sites for hydroxylation is 1. The number of likely N-dealkylation sites (tertiary alicyclic amines) is 1. The van der Waals surface area contributed by atoms with Crippen LogP contribution in [0.4, 0.5) is 0 Å². The molecule has 1 aliphatic heterocycles. The lowest BCUT2D eigenvalue weighted by molar-refractivity contribution is -0.128. The van der Waals surface area contributed by atoms with Crippen molar-refractivity contribution < 1.29 is 13.2 Å². The van der Waals surface area contributed by atoms with Crippen LogP contribution in [0.25, 0.3) is 0 Å². The average Bonchev–Trinajstić information content (AvgIpc) is 2.65. The first-order valence-electron chi connectivity index (χ1n) is 7.54. The highest BCUT2D eigenvalue weighted by molar-refractivity contribution is 7.91. The number of nitrogens with zero attached hydrogens (tertiary/aromatic N) is 3. The second-order valence-electron chi connectivity index (χ2n) is 5.76. The number of carbonyl (C=O) groups is 1. The molecule has 124 valence electrons. The molecule has 0 bridgehead atoms. The van der Waals surface area contributed by atoms with Gasteiger partial charge < -0.3 is 4.90 Å². The van der Waals surface area contributed by atoms with Crippen molar-refractivity contribution in [3.8, 4) is 0 Å². The fourth-order valence-electron chi connectivity index (χ4n) is 2.62. The van der Waals surface area contributed by atoms with E-state index in [1.807, 2.05) is 0 Å². The first-order chi connectivity index (χ1) is 10.4. The molecule has 0 saturated carbocycles. The summed E-state index contributed by atoms with van der Waals surface area (Å²) in [5.74, 6) is -1.02. The van der Waals surface area contributed by atoms with Crippen LogP contribution in [0.2, 0.25) is 5.15 Å². The van der Waals surface area contributed by atoms with Gasteiger partial charge in [0.15, 0.2) is 9.84 Å². The van der Waals surface area contributed by atoms with Crippen molar-refractivity contribution in [3.63, 3.8) is 0 Å². The minimum Gasteiger partial charge on any atom is -0.342 e. The molecule has 1 aromatic rings. The molecule has 1 saturated heterocycles. The predicted octanol–water partition coefficient (Wildman–Crippen LogP) is 1.78. The molecule has 0 atom stereocenters. The summed E-state index contributed by atoms with van der Waals surface area (Å²) in [4.78, 5) is 13.9. The summed E-state index contributed by atoms with van der Waals surface area (Å²) in [6.07, 6.45) is 5.29. The molecule has 2 rings (SSSR count). The van der Waals surface area contributed by atoms with Gasteiger partial charge in [-0.3, -0.25) is 9.48 Å². The number of sulfone groups is 1. The van der Waals surface area contributed by atoms with Gasteiger partial charge in [0.25, 0.3) is 0 Å². The molecule has 2 heterocycles. The summed E-state index contributed by atoms with van der Waals surface area (Å²) in [5, 5.41) is 4.40. The third-order valence-electron chi connectivity index (χ3n) is 3.79. The standard InChI is InChI=1S/C14H22ClN3O3S/c1-17-13(15)9-12(16-17)10-22(20,21)11-14(19)18-7-5-3-2-4-6-8-18/h9H,2-8,10-11H2,1H3. The maximum Gasteiger partial charge on any atom is 0.237 e. The van der Waals surface area contributed by atoms with Crippen molar-refractivity contribution in [3.05, 3.63) is 16.9 Å². The van der Waals surface area contributed by atoms with Crippen LogP contribution in [0.5, 0.6) is 0 Å². The monoisotopic (exact) mass is 347 g/mol. The molecule has 0 unspecified atom stereocenters. The van der Waals surface area contributed by atoms with Gasteiger partial charge in [-0.2, -0.15) is 5.10 Å². The highest BCUT2D eigenvalue weighted by Crippen LogP contribution is 2.14. The van der Waals surface area contributed by atoms with E-state index in [9.17, 15) is 13.2 Å². The molecule has 1 aromatic heterocycles. The summed E-state index contributed by atoms with van der Waals surface area (Å²) >= 11 is 5.85. The van der Waals surface area contributed by atoms with Gasteiger partial charge in [0.2, 0.25) is 5.91 Å². The predicted molar refractivity (Wildman–Crippen MR) is 85.4 cm³/mol. The number of carbonyl (C=O) groups excluding carboxylic acids is 1. The molecule has 1 amide bonds. The molecular formula is C14H22ClN3O3S. The second-order valence-corrected chi connectivity index (χ2v) is 8.21. The highest BCUT2D eigenvalue weighted by atomic mass is 35.5. The Balaban J connectivity index is 1.96.